The molecule has 2 aromatic heterocycles. The van der Waals surface area contributed by atoms with Gasteiger partial charge in [-0.3, -0.25) is 9.88 Å². The predicted molar refractivity (Wildman–Crippen MR) is 91.0 cm³/mol. The second kappa shape index (κ2) is 7.67. The number of nitrogens with zero attached hydrogens (tertiary/aromatic N) is 5. The van der Waals surface area contributed by atoms with Gasteiger partial charge in [-0.1, -0.05) is 6.07 Å². The quantitative estimate of drug-likeness (QED) is 0.830. The van der Waals surface area contributed by atoms with Crippen molar-refractivity contribution in [3.63, 3.8) is 0 Å². The third-order valence-corrected chi connectivity index (χ3v) is 4.52. The fraction of sp³-hybridized carbons (Fsp3) is 0.533. The van der Waals surface area contributed by atoms with Crippen LogP contribution < -0.4 is 15.4 Å². The molecular weight excluding hydrogens is 312 g/mol. The summed E-state index contributed by atoms with van der Waals surface area (Å²) in [5.74, 6) is 1.48. The summed E-state index contributed by atoms with van der Waals surface area (Å²) < 4.78 is 13.7. The van der Waals surface area contributed by atoms with E-state index in [2.05, 4.69) is 29.6 Å². The number of aromatic nitrogens is 3. The minimum Gasteiger partial charge on any atom is -0.478 e. The van der Waals surface area contributed by atoms with Crippen LogP contribution in [0.5, 0.6) is 5.88 Å². The Morgan fingerprint density at radius 2 is 2.13 bits per heavy atom. The lowest BCUT2D eigenvalue weighted by Gasteiger charge is -2.35. The number of nitrogens with two attached hydrogens (primary N) is 1. The molecule has 0 amide bonds. The molecule has 1 atom stereocenters. The fourth-order valence-corrected chi connectivity index (χ4v) is 3.40. The van der Waals surface area contributed by atoms with Crippen molar-refractivity contribution < 1.29 is 4.74 Å². The van der Waals surface area contributed by atoms with Gasteiger partial charge in [0.2, 0.25) is 5.82 Å². The van der Waals surface area contributed by atoms with E-state index < -0.39 is 0 Å². The Kier molecular flexibility index (Phi) is 5.37. The number of rotatable bonds is 6. The van der Waals surface area contributed by atoms with Crippen LogP contribution in [0.4, 0.5) is 5.82 Å². The van der Waals surface area contributed by atoms with Crippen LogP contribution in [-0.2, 0) is 6.42 Å². The largest absolute Gasteiger partial charge is 0.478 e. The first-order valence-electron chi connectivity index (χ1n) is 7.74. The molecule has 0 unspecified atom stereocenters. The second-order valence-electron chi connectivity index (χ2n) is 5.71. The molecule has 7 nitrogen and oxygen atoms in total. The number of pyridine rings is 1. The third kappa shape index (κ3) is 4.15. The van der Waals surface area contributed by atoms with E-state index in [1.165, 1.54) is 17.3 Å². The highest BCUT2D eigenvalue weighted by Crippen LogP contribution is 2.25. The highest BCUT2D eigenvalue weighted by atomic mass is 32.1. The number of hydrogen-bond donors (Lipinski definition) is 1. The number of piperazine rings is 1. The molecule has 1 fully saturated rings. The molecule has 124 valence electrons. The van der Waals surface area contributed by atoms with Gasteiger partial charge < -0.3 is 15.4 Å². The molecular formula is C15H22N6OS. The molecule has 1 saturated heterocycles. The van der Waals surface area contributed by atoms with Gasteiger partial charge in [0.1, 0.15) is 0 Å². The van der Waals surface area contributed by atoms with Crippen molar-refractivity contribution in [2.24, 2.45) is 5.73 Å². The average Bonchev–Trinajstić information content (AvgIpc) is 3.05. The van der Waals surface area contributed by atoms with Gasteiger partial charge in [0.15, 0.2) is 0 Å². The van der Waals surface area contributed by atoms with Crippen LogP contribution in [-0.4, -0.2) is 64.5 Å². The molecule has 3 rings (SSSR count). The summed E-state index contributed by atoms with van der Waals surface area (Å²) in [5, 5.41) is 0. The first-order chi connectivity index (χ1) is 11.3. The van der Waals surface area contributed by atoms with Gasteiger partial charge in [0.25, 0.3) is 5.88 Å². The van der Waals surface area contributed by atoms with Crippen molar-refractivity contribution >= 4 is 17.5 Å². The Labute approximate surface area is 140 Å². The molecule has 1 aliphatic rings. The minimum atomic E-state index is 0.126. The molecule has 8 heteroatoms. The van der Waals surface area contributed by atoms with E-state index >= 15 is 0 Å². The monoisotopic (exact) mass is 334 g/mol. The number of ether oxygens (including phenoxy) is 1. The Morgan fingerprint density at radius 3 is 2.83 bits per heavy atom. The maximum atomic E-state index is 6.29. The summed E-state index contributed by atoms with van der Waals surface area (Å²) in [5.41, 5.74) is 7.48. The van der Waals surface area contributed by atoms with Crippen LogP contribution in [0.1, 0.15) is 5.56 Å². The van der Waals surface area contributed by atoms with Crippen molar-refractivity contribution in [2.75, 3.05) is 44.7 Å². The van der Waals surface area contributed by atoms with E-state index in [9.17, 15) is 0 Å². The summed E-state index contributed by atoms with van der Waals surface area (Å²) in [7, 11) is 1.63. The highest BCUT2D eigenvalue weighted by Gasteiger charge is 2.23. The predicted octanol–water partition coefficient (Wildman–Crippen LogP) is 0.634. The first kappa shape index (κ1) is 16.1. The van der Waals surface area contributed by atoms with E-state index in [1.807, 2.05) is 12.3 Å². The number of hydrogen-bond acceptors (Lipinski definition) is 8. The lowest BCUT2D eigenvalue weighted by molar-refractivity contribution is 0.241. The number of anilines is 1. The Morgan fingerprint density at radius 1 is 1.30 bits per heavy atom. The van der Waals surface area contributed by atoms with Crippen LogP contribution in [0, 0.1) is 0 Å². The summed E-state index contributed by atoms with van der Waals surface area (Å²) in [6.45, 7) is 4.68. The summed E-state index contributed by atoms with van der Waals surface area (Å²) in [4.78, 5) is 8.77. The van der Waals surface area contributed by atoms with E-state index in [0.717, 1.165) is 45.0 Å². The first-order valence-corrected chi connectivity index (χ1v) is 8.47. The zero-order valence-corrected chi connectivity index (χ0v) is 14.1. The Bertz CT molecular complexity index is 599. The summed E-state index contributed by atoms with van der Waals surface area (Å²) in [6.07, 6.45) is 4.53. The second-order valence-corrected chi connectivity index (χ2v) is 6.24. The van der Waals surface area contributed by atoms with Crippen LogP contribution in [0.15, 0.2) is 24.5 Å². The topological polar surface area (TPSA) is 80.4 Å². The molecule has 0 saturated carbocycles. The van der Waals surface area contributed by atoms with Crippen LogP contribution in [0.2, 0.25) is 0 Å². The molecule has 2 aromatic rings. The molecule has 0 spiro atoms. The molecule has 2 N–H and O–H groups in total. The lowest BCUT2D eigenvalue weighted by atomic mass is 10.1. The average molecular weight is 334 g/mol. The minimum absolute atomic E-state index is 0.126. The van der Waals surface area contributed by atoms with E-state index in [1.54, 1.807) is 13.3 Å². The molecule has 1 aliphatic heterocycles. The highest BCUT2D eigenvalue weighted by molar-refractivity contribution is 6.99. The number of methoxy groups -OCH3 is 1. The fourth-order valence-electron chi connectivity index (χ4n) is 2.86. The standard InChI is InChI=1S/C15H22N6OS/c1-22-15-14(18-23-19-15)21-7-5-20(6-8-21)11-13(16)9-12-3-2-4-17-10-12/h2-4,10,13H,5-9,11,16H2,1H3/t13-/m1/s1. The molecule has 3 heterocycles. The van der Waals surface area contributed by atoms with Crippen molar-refractivity contribution in [1.29, 1.82) is 0 Å². The van der Waals surface area contributed by atoms with Crippen molar-refractivity contribution in [3.8, 4) is 5.88 Å². The molecule has 0 bridgehead atoms. The van der Waals surface area contributed by atoms with E-state index in [0.29, 0.717) is 5.88 Å². The van der Waals surface area contributed by atoms with E-state index in [-0.39, 0.29) is 6.04 Å². The van der Waals surface area contributed by atoms with Gasteiger partial charge in [-0.2, -0.15) is 4.37 Å². The Hall–Kier alpha value is -1.77. The van der Waals surface area contributed by atoms with Gasteiger partial charge >= 0.3 is 0 Å². The molecule has 0 radical (unpaired) electrons. The van der Waals surface area contributed by atoms with Crippen LogP contribution >= 0.6 is 11.7 Å². The van der Waals surface area contributed by atoms with Crippen LogP contribution in [0.25, 0.3) is 0 Å². The zero-order valence-electron chi connectivity index (χ0n) is 13.3. The Balaban J connectivity index is 1.47. The van der Waals surface area contributed by atoms with Gasteiger partial charge in [0, 0.05) is 51.2 Å². The van der Waals surface area contributed by atoms with Gasteiger partial charge in [-0.05, 0) is 18.1 Å². The summed E-state index contributed by atoms with van der Waals surface area (Å²) in [6, 6.07) is 4.16. The SMILES string of the molecule is COc1nsnc1N1CCN(C[C@H](N)Cc2cccnc2)CC1. The van der Waals surface area contributed by atoms with E-state index in [4.69, 9.17) is 10.5 Å². The smallest absolute Gasteiger partial charge is 0.270 e. The van der Waals surface area contributed by atoms with Crippen molar-refractivity contribution in [3.05, 3.63) is 30.1 Å². The molecule has 0 aliphatic carbocycles. The van der Waals surface area contributed by atoms with Gasteiger partial charge in [0.05, 0.1) is 18.8 Å². The van der Waals surface area contributed by atoms with Gasteiger partial charge in [-0.15, -0.1) is 4.37 Å². The molecule has 0 aromatic carbocycles. The third-order valence-electron chi connectivity index (χ3n) is 4.02. The lowest BCUT2D eigenvalue weighted by Crippen LogP contribution is -2.50. The summed E-state index contributed by atoms with van der Waals surface area (Å²) >= 11 is 1.19. The zero-order chi connectivity index (χ0) is 16.1. The van der Waals surface area contributed by atoms with Crippen molar-refractivity contribution in [2.45, 2.75) is 12.5 Å². The van der Waals surface area contributed by atoms with Crippen LogP contribution in [0.3, 0.4) is 0 Å². The van der Waals surface area contributed by atoms with Gasteiger partial charge in [-0.25, -0.2) is 0 Å². The molecule has 23 heavy (non-hydrogen) atoms. The van der Waals surface area contributed by atoms with Crippen molar-refractivity contribution in [1.82, 2.24) is 18.6 Å². The normalized spacial score (nSPS) is 17.2. The maximum absolute atomic E-state index is 6.29. The maximum Gasteiger partial charge on any atom is 0.270 e.